The van der Waals surface area contributed by atoms with Crippen molar-refractivity contribution in [3.8, 4) is 0 Å². The highest BCUT2D eigenvalue weighted by Crippen LogP contribution is 2.44. The average molecular weight is 266 g/mol. The Morgan fingerprint density at radius 1 is 1.37 bits per heavy atom. The molecule has 1 fully saturated rings. The van der Waals surface area contributed by atoms with Gasteiger partial charge in [0.2, 0.25) is 0 Å². The summed E-state index contributed by atoms with van der Waals surface area (Å²) in [6, 6.07) is 1.60. The molecule has 0 aliphatic heterocycles. The highest BCUT2D eigenvalue weighted by Gasteiger charge is 2.45. The smallest absolute Gasteiger partial charge is 0.147 e. The molecule has 1 saturated carbocycles. The monoisotopic (exact) mass is 266 g/mol. The van der Waals surface area contributed by atoms with E-state index in [1.165, 1.54) is 6.20 Å². The van der Waals surface area contributed by atoms with Gasteiger partial charge in [-0.3, -0.25) is 9.88 Å². The summed E-state index contributed by atoms with van der Waals surface area (Å²) in [6.07, 6.45) is 6.00. The highest BCUT2D eigenvalue weighted by molar-refractivity contribution is 5.21. The molecule has 106 valence electrons. The third kappa shape index (κ3) is 2.51. The number of hydrogen-bond acceptors (Lipinski definition) is 3. The molecule has 1 aliphatic rings. The highest BCUT2D eigenvalue weighted by atomic mass is 19.1. The first kappa shape index (κ1) is 14.4. The number of aliphatic hydroxyl groups excluding tert-OH is 1. The summed E-state index contributed by atoms with van der Waals surface area (Å²) in [4.78, 5) is 6.04. The molecule has 1 heterocycles. The number of nitrogens with zero attached hydrogens (tertiary/aromatic N) is 2. The van der Waals surface area contributed by atoms with Gasteiger partial charge in [-0.05, 0) is 32.0 Å². The lowest BCUT2D eigenvalue weighted by Gasteiger charge is -2.44. The van der Waals surface area contributed by atoms with Crippen molar-refractivity contribution < 1.29 is 9.50 Å². The maximum absolute atomic E-state index is 13.9. The van der Waals surface area contributed by atoms with E-state index in [-0.39, 0.29) is 5.54 Å². The molecule has 1 aromatic heterocycles. The number of aliphatic hydroxyl groups is 1. The normalized spacial score (nSPS) is 19.8. The van der Waals surface area contributed by atoms with Crippen LogP contribution in [0.5, 0.6) is 0 Å². The van der Waals surface area contributed by atoms with E-state index in [9.17, 15) is 9.50 Å². The Bertz CT molecular complexity index is 414. The van der Waals surface area contributed by atoms with Crippen LogP contribution in [0.25, 0.3) is 0 Å². The van der Waals surface area contributed by atoms with Gasteiger partial charge in [0.25, 0.3) is 0 Å². The van der Waals surface area contributed by atoms with Crippen LogP contribution in [-0.2, 0) is 0 Å². The van der Waals surface area contributed by atoms with E-state index in [4.69, 9.17) is 0 Å². The molecule has 1 N–H and O–H groups in total. The van der Waals surface area contributed by atoms with E-state index >= 15 is 0 Å². The maximum atomic E-state index is 13.9. The summed E-state index contributed by atoms with van der Waals surface area (Å²) in [7, 11) is 0. The van der Waals surface area contributed by atoms with E-state index in [2.05, 4.69) is 23.7 Å². The standard InChI is InChI=1S/C15H23FN2O/c1-3-18(4-2)15(8-5-6-9-15)14(19)12-7-10-17-11-13(12)16/h7,10-11,14,19H,3-6,8-9H2,1-2H3. The molecule has 1 unspecified atom stereocenters. The zero-order valence-corrected chi connectivity index (χ0v) is 11.8. The molecule has 3 nitrogen and oxygen atoms in total. The Balaban J connectivity index is 2.37. The van der Waals surface area contributed by atoms with Gasteiger partial charge in [0.05, 0.1) is 11.7 Å². The third-order valence-corrected chi connectivity index (χ3v) is 4.47. The molecule has 0 bridgehead atoms. The first-order valence-corrected chi connectivity index (χ1v) is 7.18. The Morgan fingerprint density at radius 3 is 2.53 bits per heavy atom. The molecule has 1 aromatic rings. The van der Waals surface area contributed by atoms with E-state index < -0.39 is 11.9 Å². The largest absolute Gasteiger partial charge is 0.386 e. The minimum atomic E-state index is -0.780. The maximum Gasteiger partial charge on any atom is 0.147 e. The lowest BCUT2D eigenvalue weighted by molar-refractivity contribution is -0.0286. The molecule has 2 rings (SSSR count). The summed E-state index contributed by atoms with van der Waals surface area (Å²) < 4.78 is 13.9. The molecule has 19 heavy (non-hydrogen) atoms. The summed E-state index contributed by atoms with van der Waals surface area (Å²) >= 11 is 0. The quantitative estimate of drug-likeness (QED) is 0.890. The van der Waals surface area contributed by atoms with E-state index in [0.29, 0.717) is 5.56 Å². The zero-order chi connectivity index (χ0) is 13.9. The number of rotatable bonds is 5. The van der Waals surface area contributed by atoms with Crippen LogP contribution in [-0.4, -0.2) is 33.6 Å². The number of halogens is 1. The molecule has 1 aliphatic carbocycles. The van der Waals surface area contributed by atoms with Gasteiger partial charge in [0.1, 0.15) is 11.9 Å². The minimum Gasteiger partial charge on any atom is -0.386 e. The molecule has 0 amide bonds. The number of likely N-dealkylation sites (N-methyl/N-ethyl adjacent to an activating group) is 1. The first-order chi connectivity index (χ1) is 9.15. The van der Waals surface area contributed by atoms with Crippen molar-refractivity contribution >= 4 is 0 Å². The Kier molecular flexibility index (Phi) is 4.53. The van der Waals surface area contributed by atoms with E-state index in [1.807, 2.05) is 0 Å². The molecule has 0 saturated heterocycles. The molecule has 0 radical (unpaired) electrons. The fourth-order valence-electron chi connectivity index (χ4n) is 3.50. The van der Waals surface area contributed by atoms with Crippen molar-refractivity contribution in [1.82, 2.24) is 9.88 Å². The van der Waals surface area contributed by atoms with Crippen molar-refractivity contribution in [3.05, 3.63) is 29.8 Å². The molecular formula is C15H23FN2O. The van der Waals surface area contributed by atoms with Crippen molar-refractivity contribution in [2.75, 3.05) is 13.1 Å². The van der Waals surface area contributed by atoms with E-state index in [1.54, 1.807) is 12.3 Å². The lowest BCUT2D eigenvalue weighted by Crippen LogP contribution is -2.51. The predicted molar refractivity (Wildman–Crippen MR) is 73.3 cm³/mol. The Labute approximate surface area is 114 Å². The summed E-state index contributed by atoms with van der Waals surface area (Å²) in [5.41, 5.74) is 0.0647. The van der Waals surface area contributed by atoms with Crippen LogP contribution >= 0.6 is 0 Å². The van der Waals surface area contributed by atoms with Crippen LogP contribution in [0.15, 0.2) is 18.5 Å². The first-order valence-electron chi connectivity index (χ1n) is 7.18. The van der Waals surface area contributed by atoms with Crippen molar-refractivity contribution in [1.29, 1.82) is 0 Å². The lowest BCUT2D eigenvalue weighted by atomic mass is 9.84. The van der Waals surface area contributed by atoms with Gasteiger partial charge < -0.3 is 5.11 Å². The zero-order valence-electron chi connectivity index (χ0n) is 11.8. The van der Waals surface area contributed by atoms with Gasteiger partial charge in [-0.1, -0.05) is 26.7 Å². The van der Waals surface area contributed by atoms with Gasteiger partial charge in [-0.15, -0.1) is 0 Å². The van der Waals surface area contributed by atoms with Crippen molar-refractivity contribution in [2.45, 2.75) is 51.2 Å². The fraction of sp³-hybridized carbons (Fsp3) is 0.667. The number of aromatic nitrogens is 1. The van der Waals surface area contributed by atoms with Gasteiger partial charge in [0.15, 0.2) is 0 Å². The third-order valence-electron chi connectivity index (χ3n) is 4.47. The van der Waals surface area contributed by atoms with Crippen LogP contribution in [0.3, 0.4) is 0 Å². The second-order valence-electron chi connectivity index (χ2n) is 5.28. The number of hydrogen-bond donors (Lipinski definition) is 1. The van der Waals surface area contributed by atoms with Gasteiger partial charge in [0, 0.05) is 11.8 Å². The van der Waals surface area contributed by atoms with Crippen LogP contribution in [0.4, 0.5) is 4.39 Å². The summed E-state index contributed by atoms with van der Waals surface area (Å²) in [5, 5.41) is 10.8. The van der Waals surface area contributed by atoms with Crippen LogP contribution in [0.2, 0.25) is 0 Å². The van der Waals surface area contributed by atoms with Crippen LogP contribution in [0, 0.1) is 5.82 Å². The van der Waals surface area contributed by atoms with Crippen LogP contribution < -0.4 is 0 Å². The fourth-order valence-corrected chi connectivity index (χ4v) is 3.50. The average Bonchev–Trinajstić information content (AvgIpc) is 2.90. The topological polar surface area (TPSA) is 36.4 Å². The second-order valence-corrected chi connectivity index (χ2v) is 5.28. The predicted octanol–water partition coefficient (Wildman–Crippen LogP) is 2.91. The van der Waals surface area contributed by atoms with E-state index in [0.717, 1.165) is 38.8 Å². The second kappa shape index (κ2) is 5.97. The Morgan fingerprint density at radius 2 is 2.00 bits per heavy atom. The SMILES string of the molecule is CCN(CC)C1(C(O)c2ccncc2F)CCCC1. The van der Waals surface area contributed by atoms with Crippen molar-refractivity contribution in [2.24, 2.45) is 0 Å². The molecule has 4 heteroatoms. The molecule has 1 atom stereocenters. The van der Waals surface area contributed by atoms with Crippen LogP contribution in [0.1, 0.15) is 51.2 Å². The summed E-state index contributed by atoms with van der Waals surface area (Å²) in [5.74, 6) is -0.409. The number of pyridine rings is 1. The molecule has 0 spiro atoms. The molecular weight excluding hydrogens is 243 g/mol. The Hall–Kier alpha value is -1.00. The van der Waals surface area contributed by atoms with Gasteiger partial charge in [-0.2, -0.15) is 0 Å². The molecule has 0 aromatic carbocycles. The minimum absolute atomic E-state index is 0.314. The van der Waals surface area contributed by atoms with Gasteiger partial charge >= 0.3 is 0 Å². The van der Waals surface area contributed by atoms with Crippen molar-refractivity contribution in [3.63, 3.8) is 0 Å². The summed E-state index contributed by atoms with van der Waals surface area (Å²) in [6.45, 7) is 5.94. The van der Waals surface area contributed by atoms with Gasteiger partial charge in [-0.25, -0.2) is 4.39 Å².